The molecule has 0 saturated carbocycles. The third-order valence-corrected chi connectivity index (χ3v) is 3.51. The molecule has 1 fully saturated rings. The predicted molar refractivity (Wildman–Crippen MR) is 79.5 cm³/mol. The van der Waals surface area contributed by atoms with Gasteiger partial charge in [-0.2, -0.15) is 0 Å². The van der Waals surface area contributed by atoms with E-state index in [9.17, 15) is 4.79 Å². The number of rotatable bonds is 3. The number of hydrogen-bond donors (Lipinski definition) is 0. The number of benzene rings is 1. The minimum Gasteiger partial charge on any atom is -0.472 e. The van der Waals surface area contributed by atoms with E-state index in [-0.39, 0.29) is 12.0 Å². The van der Waals surface area contributed by atoms with Crippen LogP contribution in [0.25, 0.3) is 6.08 Å². The third kappa shape index (κ3) is 3.41. The summed E-state index contributed by atoms with van der Waals surface area (Å²) < 4.78 is 10.7. The second-order valence-electron chi connectivity index (χ2n) is 4.94. The third-order valence-electron chi connectivity index (χ3n) is 3.51. The molecule has 1 amide bonds. The molecule has 1 saturated heterocycles. The average molecular weight is 283 g/mol. The van der Waals surface area contributed by atoms with E-state index < -0.39 is 0 Å². The zero-order chi connectivity index (χ0) is 14.5. The topological polar surface area (TPSA) is 42.7 Å². The maximum absolute atomic E-state index is 12.2. The quantitative estimate of drug-likeness (QED) is 0.813. The van der Waals surface area contributed by atoms with Gasteiger partial charge in [-0.25, -0.2) is 0 Å². The molecule has 1 atom stereocenters. The fourth-order valence-electron chi connectivity index (χ4n) is 2.36. The van der Waals surface area contributed by atoms with E-state index in [1.807, 2.05) is 41.3 Å². The molecule has 0 radical (unpaired) electrons. The van der Waals surface area contributed by atoms with Crippen molar-refractivity contribution in [2.75, 3.05) is 19.7 Å². The van der Waals surface area contributed by atoms with Crippen LogP contribution >= 0.6 is 0 Å². The number of morpholine rings is 1. The van der Waals surface area contributed by atoms with Crippen LogP contribution in [0.2, 0.25) is 0 Å². The monoisotopic (exact) mass is 283 g/mol. The Kier molecular flexibility index (Phi) is 4.17. The highest BCUT2D eigenvalue weighted by atomic mass is 16.5. The molecule has 21 heavy (non-hydrogen) atoms. The number of amides is 1. The van der Waals surface area contributed by atoms with Crippen molar-refractivity contribution >= 4 is 12.0 Å². The molecule has 4 heteroatoms. The fraction of sp³-hybridized carbons (Fsp3) is 0.235. The van der Waals surface area contributed by atoms with Crippen molar-refractivity contribution in [3.8, 4) is 0 Å². The van der Waals surface area contributed by atoms with Crippen LogP contribution in [0.15, 0.2) is 59.4 Å². The molecule has 108 valence electrons. The zero-order valence-corrected chi connectivity index (χ0v) is 11.6. The maximum Gasteiger partial charge on any atom is 0.246 e. The minimum atomic E-state index is -0.0498. The van der Waals surface area contributed by atoms with Crippen LogP contribution in [0, 0.1) is 0 Å². The summed E-state index contributed by atoms with van der Waals surface area (Å²) in [5, 5.41) is 0. The van der Waals surface area contributed by atoms with Gasteiger partial charge in [-0.15, -0.1) is 0 Å². The van der Waals surface area contributed by atoms with E-state index in [1.54, 1.807) is 24.7 Å². The van der Waals surface area contributed by atoms with Gasteiger partial charge in [-0.3, -0.25) is 4.79 Å². The highest BCUT2D eigenvalue weighted by Gasteiger charge is 2.23. The Labute approximate surface area is 123 Å². The van der Waals surface area contributed by atoms with Crippen molar-refractivity contribution in [2.45, 2.75) is 6.10 Å². The van der Waals surface area contributed by atoms with Crippen molar-refractivity contribution in [1.29, 1.82) is 0 Å². The molecule has 2 aromatic rings. The Morgan fingerprint density at radius 2 is 2.10 bits per heavy atom. The summed E-state index contributed by atoms with van der Waals surface area (Å²) in [6.07, 6.45) is 6.49. The first kappa shape index (κ1) is 13.6. The van der Waals surface area contributed by atoms with E-state index in [1.165, 1.54) is 0 Å². The van der Waals surface area contributed by atoms with Crippen molar-refractivity contribution in [3.05, 3.63) is 66.1 Å². The second kappa shape index (κ2) is 6.41. The van der Waals surface area contributed by atoms with Crippen LogP contribution in [0.3, 0.4) is 0 Å². The van der Waals surface area contributed by atoms with Crippen LogP contribution in [0.1, 0.15) is 17.2 Å². The lowest BCUT2D eigenvalue weighted by atomic mass is 10.1. The predicted octanol–water partition coefficient (Wildman–Crippen LogP) is 2.89. The Morgan fingerprint density at radius 3 is 2.86 bits per heavy atom. The molecule has 0 aliphatic carbocycles. The highest BCUT2D eigenvalue weighted by Crippen LogP contribution is 2.22. The Morgan fingerprint density at radius 1 is 1.24 bits per heavy atom. The van der Waals surface area contributed by atoms with Crippen molar-refractivity contribution in [3.63, 3.8) is 0 Å². The molecule has 1 aromatic heterocycles. The molecular weight excluding hydrogens is 266 g/mol. The summed E-state index contributed by atoms with van der Waals surface area (Å²) in [5.74, 6) is 0.000399. The van der Waals surface area contributed by atoms with Gasteiger partial charge in [0, 0.05) is 18.2 Å². The van der Waals surface area contributed by atoms with Gasteiger partial charge >= 0.3 is 0 Å². The van der Waals surface area contributed by atoms with Crippen LogP contribution in [0.4, 0.5) is 0 Å². The normalized spacial score (nSPS) is 19.0. The van der Waals surface area contributed by atoms with E-state index in [2.05, 4.69) is 0 Å². The van der Waals surface area contributed by atoms with Crippen LogP contribution in [0.5, 0.6) is 0 Å². The second-order valence-corrected chi connectivity index (χ2v) is 4.94. The van der Waals surface area contributed by atoms with E-state index >= 15 is 0 Å². The Balaban J connectivity index is 1.64. The van der Waals surface area contributed by atoms with Crippen LogP contribution < -0.4 is 0 Å². The molecule has 4 nitrogen and oxygen atoms in total. The lowest BCUT2D eigenvalue weighted by Gasteiger charge is -2.32. The molecule has 1 aliphatic heterocycles. The summed E-state index contributed by atoms with van der Waals surface area (Å²) in [5.41, 5.74) is 1.99. The smallest absolute Gasteiger partial charge is 0.246 e. The van der Waals surface area contributed by atoms with Crippen LogP contribution in [-0.4, -0.2) is 30.5 Å². The van der Waals surface area contributed by atoms with Gasteiger partial charge in [-0.05, 0) is 17.7 Å². The summed E-state index contributed by atoms with van der Waals surface area (Å²) in [6.45, 7) is 1.77. The number of furan rings is 1. The number of carbonyl (C=O) groups is 1. The maximum atomic E-state index is 12.2. The lowest BCUT2D eigenvalue weighted by Crippen LogP contribution is -2.41. The van der Waals surface area contributed by atoms with Gasteiger partial charge in [-0.1, -0.05) is 30.3 Å². The zero-order valence-electron chi connectivity index (χ0n) is 11.6. The lowest BCUT2D eigenvalue weighted by molar-refractivity contribution is -0.133. The molecule has 1 aliphatic rings. The van der Waals surface area contributed by atoms with Gasteiger partial charge in [0.2, 0.25) is 5.91 Å². The number of carbonyl (C=O) groups excluding carboxylic acids is 1. The van der Waals surface area contributed by atoms with E-state index in [4.69, 9.17) is 9.15 Å². The molecule has 0 spiro atoms. The number of ether oxygens (including phenoxy) is 1. The number of nitrogens with zero attached hydrogens (tertiary/aromatic N) is 1. The molecular formula is C17H17NO3. The fourth-order valence-corrected chi connectivity index (χ4v) is 2.36. The molecule has 3 rings (SSSR count). The van der Waals surface area contributed by atoms with Crippen molar-refractivity contribution in [2.24, 2.45) is 0 Å². The summed E-state index contributed by atoms with van der Waals surface area (Å²) in [7, 11) is 0. The first-order valence-electron chi connectivity index (χ1n) is 6.98. The van der Waals surface area contributed by atoms with Crippen LogP contribution in [-0.2, 0) is 9.53 Å². The standard InChI is InChI=1S/C17H17NO3/c19-17(7-6-14-8-10-20-13-14)18-9-11-21-16(12-18)15-4-2-1-3-5-15/h1-8,10,13,16H,9,11-12H2/b7-6+/t16-/m1/s1. The molecule has 2 heterocycles. The molecule has 1 aromatic carbocycles. The van der Waals surface area contributed by atoms with E-state index in [0.717, 1.165) is 11.1 Å². The molecule has 0 unspecified atom stereocenters. The van der Waals surface area contributed by atoms with Gasteiger partial charge in [0.25, 0.3) is 0 Å². The summed E-state index contributed by atoms with van der Waals surface area (Å²) in [4.78, 5) is 14.0. The van der Waals surface area contributed by atoms with Gasteiger partial charge in [0.1, 0.15) is 6.10 Å². The minimum absolute atomic E-state index is 0.000399. The Bertz CT molecular complexity index is 604. The van der Waals surface area contributed by atoms with Crippen molar-refractivity contribution < 1.29 is 13.9 Å². The summed E-state index contributed by atoms with van der Waals surface area (Å²) >= 11 is 0. The number of hydrogen-bond acceptors (Lipinski definition) is 3. The largest absolute Gasteiger partial charge is 0.472 e. The molecule has 0 bridgehead atoms. The average Bonchev–Trinajstić information content (AvgIpc) is 3.07. The Hall–Kier alpha value is -2.33. The van der Waals surface area contributed by atoms with Gasteiger partial charge in [0.15, 0.2) is 0 Å². The van der Waals surface area contributed by atoms with Gasteiger partial charge < -0.3 is 14.1 Å². The SMILES string of the molecule is O=C(/C=C/c1ccoc1)N1CCO[C@@H](c2ccccc2)C1. The summed E-state index contributed by atoms with van der Waals surface area (Å²) in [6, 6.07) is 11.8. The first-order chi connectivity index (χ1) is 10.3. The van der Waals surface area contributed by atoms with E-state index in [0.29, 0.717) is 19.7 Å². The highest BCUT2D eigenvalue weighted by molar-refractivity contribution is 5.91. The first-order valence-corrected chi connectivity index (χ1v) is 6.98. The van der Waals surface area contributed by atoms with Gasteiger partial charge in [0.05, 0.1) is 25.7 Å². The molecule has 0 N–H and O–H groups in total. The van der Waals surface area contributed by atoms with Crippen molar-refractivity contribution in [1.82, 2.24) is 4.90 Å².